The van der Waals surface area contributed by atoms with Gasteiger partial charge in [0, 0.05) is 38.5 Å². The second-order valence-corrected chi connectivity index (χ2v) is 6.51. The number of rotatable bonds is 9. The molecule has 1 aromatic carbocycles. The molecule has 1 atom stereocenters. The number of ether oxygens (including phenoxy) is 1. The zero-order valence-electron chi connectivity index (χ0n) is 16.3. The predicted octanol–water partition coefficient (Wildman–Crippen LogP) is 2.99. The number of aromatic nitrogens is 2. The number of nitrogens with zero attached hydrogens (tertiary/aromatic N) is 3. The van der Waals surface area contributed by atoms with E-state index in [1.807, 2.05) is 54.3 Å². The van der Waals surface area contributed by atoms with Gasteiger partial charge in [-0.1, -0.05) is 32.0 Å². The summed E-state index contributed by atoms with van der Waals surface area (Å²) in [5, 5.41) is 11.1. The van der Waals surface area contributed by atoms with Gasteiger partial charge in [-0.3, -0.25) is 4.99 Å². The Morgan fingerprint density at radius 2 is 2.00 bits per heavy atom. The molecule has 0 saturated heterocycles. The van der Waals surface area contributed by atoms with Crippen molar-refractivity contribution >= 4 is 5.96 Å². The summed E-state index contributed by atoms with van der Waals surface area (Å²) < 4.78 is 7.66. The Labute approximate surface area is 156 Å². The van der Waals surface area contributed by atoms with Crippen molar-refractivity contribution in [3.05, 3.63) is 48.3 Å². The molecule has 0 spiro atoms. The van der Waals surface area contributed by atoms with E-state index in [1.54, 1.807) is 7.05 Å². The summed E-state index contributed by atoms with van der Waals surface area (Å²) in [7, 11) is 1.78. The van der Waals surface area contributed by atoms with E-state index >= 15 is 0 Å². The minimum absolute atomic E-state index is 0.273. The number of aliphatic imine (C=N–C) groups is 1. The Morgan fingerprint density at radius 1 is 1.23 bits per heavy atom. The van der Waals surface area contributed by atoms with Crippen molar-refractivity contribution in [1.82, 2.24) is 20.4 Å². The molecule has 0 fully saturated rings. The molecule has 1 heterocycles. The normalized spacial score (nSPS) is 13.0. The fourth-order valence-corrected chi connectivity index (χ4v) is 2.74. The lowest BCUT2D eigenvalue weighted by Crippen LogP contribution is -2.38. The quantitative estimate of drug-likeness (QED) is 0.535. The van der Waals surface area contributed by atoms with Gasteiger partial charge in [0.25, 0.3) is 0 Å². The molecule has 0 aliphatic rings. The summed E-state index contributed by atoms with van der Waals surface area (Å²) in [4.78, 5) is 4.28. The maximum absolute atomic E-state index is 5.78. The number of para-hydroxylation sites is 1. The van der Waals surface area contributed by atoms with Gasteiger partial charge in [0.1, 0.15) is 0 Å². The van der Waals surface area contributed by atoms with Crippen LogP contribution in [-0.2, 0) is 11.3 Å². The highest BCUT2D eigenvalue weighted by Crippen LogP contribution is 2.10. The van der Waals surface area contributed by atoms with Crippen LogP contribution in [0.3, 0.4) is 0 Å². The van der Waals surface area contributed by atoms with Crippen molar-refractivity contribution in [3.63, 3.8) is 0 Å². The van der Waals surface area contributed by atoms with Crippen LogP contribution in [0.2, 0.25) is 0 Å². The van der Waals surface area contributed by atoms with E-state index in [9.17, 15) is 0 Å². The van der Waals surface area contributed by atoms with E-state index in [0.717, 1.165) is 36.8 Å². The average Bonchev–Trinajstić information content (AvgIpc) is 3.13. The zero-order valence-corrected chi connectivity index (χ0v) is 16.3. The fraction of sp³-hybridized carbons (Fsp3) is 0.500. The van der Waals surface area contributed by atoms with Crippen molar-refractivity contribution in [1.29, 1.82) is 0 Å². The number of hydrogen-bond donors (Lipinski definition) is 2. The van der Waals surface area contributed by atoms with Crippen LogP contribution in [0.1, 0.15) is 32.8 Å². The van der Waals surface area contributed by atoms with Gasteiger partial charge in [0.15, 0.2) is 5.96 Å². The lowest BCUT2D eigenvalue weighted by atomic mass is 10.0. The highest BCUT2D eigenvalue weighted by molar-refractivity contribution is 5.79. The third-order valence-corrected chi connectivity index (χ3v) is 4.19. The van der Waals surface area contributed by atoms with E-state index in [2.05, 4.69) is 34.6 Å². The van der Waals surface area contributed by atoms with Gasteiger partial charge in [-0.25, -0.2) is 4.68 Å². The zero-order chi connectivity index (χ0) is 18.8. The predicted molar refractivity (Wildman–Crippen MR) is 107 cm³/mol. The summed E-state index contributed by atoms with van der Waals surface area (Å²) in [5.74, 6) is 1.30. The Bertz CT molecular complexity index is 666. The molecule has 1 unspecified atom stereocenters. The van der Waals surface area contributed by atoms with Crippen molar-refractivity contribution < 1.29 is 4.74 Å². The largest absolute Gasteiger partial charge is 0.378 e. The van der Waals surface area contributed by atoms with Gasteiger partial charge < -0.3 is 15.4 Å². The lowest BCUT2D eigenvalue weighted by Gasteiger charge is -2.21. The molecule has 6 nitrogen and oxygen atoms in total. The highest BCUT2D eigenvalue weighted by Gasteiger charge is 2.13. The fourth-order valence-electron chi connectivity index (χ4n) is 2.74. The Balaban J connectivity index is 1.79. The molecule has 0 amide bonds. The van der Waals surface area contributed by atoms with Gasteiger partial charge in [-0.2, -0.15) is 5.10 Å². The SMILES string of the molecule is CCOC(CCNC(=NC)NCc1cnn(-c2ccccc2)c1)C(C)C. The molecule has 2 aromatic rings. The molecule has 2 rings (SSSR count). The first-order valence-electron chi connectivity index (χ1n) is 9.29. The van der Waals surface area contributed by atoms with E-state index in [-0.39, 0.29) is 6.10 Å². The highest BCUT2D eigenvalue weighted by atomic mass is 16.5. The van der Waals surface area contributed by atoms with Gasteiger partial charge >= 0.3 is 0 Å². The Morgan fingerprint density at radius 3 is 2.65 bits per heavy atom. The topological polar surface area (TPSA) is 63.5 Å². The smallest absolute Gasteiger partial charge is 0.191 e. The number of benzene rings is 1. The van der Waals surface area contributed by atoms with Crippen LogP contribution in [0.4, 0.5) is 0 Å². The van der Waals surface area contributed by atoms with Crippen LogP contribution in [0, 0.1) is 5.92 Å². The third-order valence-electron chi connectivity index (χ3n) is 4.19. The maximum atomic E-state index is 5.78. The second-order valence-electron chi connectivity index (χ2n) is 6.51. The van der Waals surface area contributed by atoms with Crippen LogP contribution in [0.5, 0.6) is 0 Å². The van der Waals surface area contributed by atoms with Crippen molar-refractivity contribution in [3.8, 4) is 5.69 Å². The third kappa shape index (κ3) is 6.19. The van der Waals surface area contributed by atoms with E-state index in [0.29, 0.717) is 12.5 Å². The molecule has 142 valence electrons. The van der Waals surface area contributed by atoms with Gasteiger partial charge in [0.2, 0.25) is 0 Å². The molecule has 0 saturated carbocycles. The number of guanidine groups is 1. The molecule has 1 aromatic heterocycles. The molecule has 26 heavy (non-hydrogen) atoms. The van der Waals surface area contributed by atoms with Crippen LogP contribution in [0.15, 0.2) is 47.7 Å². The van der Waals surface area contributed by atoms with Crippen molar-refractivity contribution in [2.24, 2.45) is 10.9 Å². The average molecular weight is 358 g/mol. The van der Waals surface area contributed by atoms with E-state index < -0.39 is 0 Å². The molecular weight excluding hydrogens is 326 g/mol. The summed E-state index contributed by atoms with van der Waals surface area (Å²) >= 11 is 0. The van der Waals surface area contributed by atoms with Crippen molar-refractivity contribution in [2.75, 3.05) is 20.2 Å². The molecule has 0 aliphatic heterocycles. The molecule has 0 bridgehead atoms. The maximum Gasteiger partial charge on any atom is 0.191 e. The Hall–Kier alpha value is -2.34. The van der Waals surface area contributed by atoms with Crippen molar-refractivity contribution in [2.45, 2.75) is 39.8 Å². The first-order chi connectivity index (χ1) is 12.6. The standard InChI is InChI=1S/C20H31N5O/c1-5-26-19(16(2)3)11-12-22-20(21-4)23-13-17-14-24-25(15-17)18-9-7-6-8-10-18/h6-10,14-16,19H,5,11-13H2,1-4H3,(H2,21,22,23). The second kappa shape index (κ2) is 10.6. The van der Waals surface area contributed by atoms with Gasteiger partial charge in [0.05, 0.1) is 18.0 Å². The number of hydrogen-bond acceptors (Lipinski definition) is 3. The first kappa shape index (κ1) is 20.0. The molecule has 0 aliphatic carbocycles. The van der Waals surface area contributed by atoms with Crippen LogP contribution in [0.25, 0.3) is 5.69 Å². The minimum Gasteiger partial charge on any atom is -0.378 e. The van der Waals surface area contributed by atoms with Crippen LogP contribution < -0.4 is 10.6 Å². The number of nitrogens with one attached hydrogen (secondary N) is 2. The van der Waals surface area contributed by atoms with Gasteiger partial charge in [-0.15, -0.1) is 0 Å². The summed E-state index contributed by atoms with van der Waals surface area (Å²) in [5.41, 5.74) is 2.16. The van der Waals surface area contributed by atoms with Crippen LogP contribution in [-0.4, -0.2) is 42.0 Å². The van der Waals surface area contributed by atoms with E-state index in [1.165, 1.54) is 0 Å². The lowest BCUT2D eigenvalue weighted by molar-refractivity contribution is 0.0258. The molecule has 6 heteroatoms. The van der Waals surface area contributed by atoms with Gasteiger partial charge in [-0.05, 0) is 31.4 Å². The monoisotopic (exact) mass is 357 g/mol. The molecule has 0 radical (unpaired) electrons. The van der Waals surface area contributed by atoms with Crippen LogP contribution >= 0.6 is 0 Å². The Kier molecular flexibility index (Phi) is 8.15. The molecular formula is C20H31N5O. The van der Waals surface area contributed by atoms with E-state index in [4.69, 9.17) is 4.74 Å². The first-order valence-corrected chi connectivity index (χ1v) is 9.29. The molecule has 2 N–H and O–H groups in total. The minimum atomic E-state index is 0.273. The summed E-state index contributed by atoms with van der Waals surface area (Å²) in [6.07, 6.45) is 5.13. The summed E-state index contributed by atoms with van der Waals surface area (Å²) in [6.45, 7) is 8.67. The summed E-state index contributed by atoms with van der Waals surface area (Å²) in [6, 6.07) is 10.1.